The average Bonchev–Trinajstić information content (AvgIpc) is 2.72. The fourth-order valence-corrected chi connectivity index (χ4v) is 8.11. The molecule has 0 aromatic heterocycles. The van der Waals surface area contributed by atoms with Gasteiger partial charge in [0.25, 0.3) is 8.32 Å². The summed E-state index contributed by atoms with van der Waals surface area (Å²) in [5.41, 5.74) is 0. The van der Waals surface area contributed by atoms with E-state index in [0.29, 0.717) is 0 Å². The van der Waals surface area contributed by atoms with E-state index in [0.717, 1.165) is 10.4 Å². The molecule has 0 aliphatic carbocycles. The first kappa shape index (κ1) is 23.1. The lowest BCUT2D eigenvalue weighted by Crippen LogP contribution is -2.67. The number of hydrogen-bond donors (Lipinski definition) is 5. The van der Waals surface area contributed by atoms with E-state index in [9.17, 15) is 20.4 Å². The lowest BCUT2D eigenvalue weighted by molar-refractivity contribution is -0.0727. The summed E-state index contributed by atoms with van der Waals surface area (Å²) in [6.07, 6.45) is -4.74. The van der Waals surface area contributed by atoms with Crippen LogP contribution in [-0.4, -0.2) is 58.8 Å². The molecule has 2 rings (SSSR count). The zero-order valence-electron chi connectivity index (χ0n) is 16.9. The molecule has 0 saturated carbocycles. The van der Waals surface area contributed by atoms with E-state index in [1.165, 1.54) is 0 Å². The number of aliphatic hydroxyl groups is 5. The van der Waals surface area contributed by atoms with Gasteiger partial charge in [0.15, 0.2) is 5.76 Å². The second kappa shape index (κ2) is 9.56. The first-order chi connectivity index (χ1) is 13.6. The molecule has 0 unspecified atom stereocenters. The van der Waals surface area contributed by atoms with Crippen LogP contribution in [0.4, 0.5) is 0 Å². The highest BCUT2D eigenvalue weighted by atomic mass is 28.4. The van der Waals surface area contributed by atoms with Crippen LogP contribution in [0.25, 0.3) is 0 Å². The fraction of sp³-hybridized carbons (Fsp3) is 0.364. The van der Waals surface area contributed by atoms with E-state index in [4.69, 9.17) is 9.53 Å². The van der Waals surface area contributed by atoms with Gasteiger partial charge in [0.05, 0.1) is 6.61 Å². The maximum absolute atomic E-state index is 10.4. The number of hydrogen-bond acceptors (Lipinski definition) is 6. The summed E-state index contributed by atoms with van der Waals surface area (Å²) in [5.74, 6) is -0.831. The standard InChI is InChI=1S/C22H30O6Si/c1-22(2,3)29(16-10-6-4-7-11-16,17-12-8-5-9-13-17)28-15-19(25)21(27)20(26)18(24)14-23/h4-14,19-21,23-27H,15H2,1-3H3/t19-,20+,21+/m1/s1. The van der Waals surface area contributed by atoms with Crippen LogP contribution in [0, 0.1) is 0 Å². The van der Waals surface area contributed by atoms with Crippen molar-refractivity contribution in [2.24, 2.45) is 0 Å². The molecular weight excluding hydrogens is 388 g/mol. The van der Waals surface area contributed by atoms with E-state index < -0.39 is 32.4 Å². The van der Waals surface area contributed by atoms with Crippen molar-refractivity contribution in [2.45, 2.75) is 44.1 Å². The molecule has 0 heterocycles. The molecule has 0 bridgehead atoms. The van der Waals surface area contributed by atoms with Gasteiger partial charge in [-0.2, -0.15) is 0 Å². The largest absolute Gasteiger partial charge is 0.512 e. The summed E-state index contributed by atoms with van der Waals surface area (Å²) < 4.78 is 6.47. The SMILES string of the molecule is CC(C)(C)[Si](OC[C@@H](O)[C@H](O)[C@@H](O)C(O)=CO)(c1ccccc1)c1ccccc1. The molecule has 3 atom stereocenters. The Morgan fingerprint density at radius 3 is 1.76 bits per heavy atom. The van der Waals surface area contributed by atoms with Gasteiger partial charge in [-0.25, -0.2) is 0 Å². The monoisotopic (exact) mass is 418 g/mol. The van der Waals surface area contributed by atoms with Gasteiger partial charge < -0.3 is 30.0 Å². The molecule has 6 nitrogen and oxygen atoms in total. The van der Waals surface area contributed by atoms with Crippen molar-refractivity contribution < 1.29 is 30.0 Å². The van der Waals surface area contributed by atoms with Gasteiger partial charge in [0.2, 0.25) is 0 Å². The van der Waals surface area contributed by atoms with Crippen molar-refractivity contribution in [3.63, 3.8) is 0 Å². The second-order valence-corrected chi connectivity index (χ2v) is 12.3. The van der Waals surface area contributed by atoms with Crippen LogP contribution in [0.1, 0.15) is 20.8 Å². The van der Waals surface area contributed by atoms with Crippen molar-refractivity contribution in [1.82, 2.24) is 0 Å². The minimum Gasteiger partial charge on any atom is -0.512 e. The van der Waals surface area contributed by atoms with Crippen molar-refractivity contribution in [2.75, 3.05) is 6.61 Å². The van der Waals surface area contributed by atoms with Gasteiger partial charge in [-0.15, -0.1) is 0 Å². The Morgan fingerprint density at radius 1 is 0.931 bits per heavy atom. The minimum atomic E-state index is -2.91. The van der Waals surface area contributed by atoms with Gasteiger partial charge in [-0.05, 0) is 15.4 Å². The maximum atomic E-state index is 10.4. The molecule has 5 N–H and O–H groups in total. The maximum Gasteiger partial charge on any atom is 0.261 e. The summed E-state index contributed by atoms with van der Waals surface area (Å²) in [6, 6.07) is 19.6. The summed E-state index contributed by atoms with van der Waals surface area (Å²) in [6.45, 7) is 5.98. The molecule has 0 aliphatic rings. The Morgan fingerprint density at radius 2 is 1.38 bits per heavy atom. The van der Waals surface area contributed by atoms with E-state index >= 15 is 0 Å². The van der Waals surface area contributed by atoms with Crippen LogP contribution in [-0.2, 0) is 4.43 Å². The Kier molecular flexibility index (Phi) is 7.62. The van der Waals surface area contributed by atoms with Gasteiger partial charge >= 0.3 is 0 Å². The van der Waals surface area contributed by atoms with Crippen molar-refractivity contribution in [3.05, 3.63) is 72.7 Å². The highest BCUT2D eigenvalue weighted by Crippen LogP contribution is 2.36. The smallest absolute Gasteiger partial charge is 0.261 e. The molecule has 7 heteroatoms. The van der Waals surface area contributed by atoms with Crippen molar-refractivity contribution in [1.29, 1.82) is 0 Å². The first-order valence-corrected chi connectivity index (χ1v) is 11.4. The zero-order chi connectivity index (χ0) is 21.7. The third-order valence-corrected chi connectivity index (χ3v) is 10.0. The summed E-state index contributed by atoms with van der Waals surface area (Å²) in [5, 5.41) is 50.4. The molecular formula is C22H30O6Si. The average molecular weight is 419 g/mol. The normalized spacial score (nSPS) is 16.3. The molecule has 0 saturated heterocycles. The summed E-state index contributed by atoms with van der Waals surface area (Å²) in [7, 11) is -2.91. The number of rotatable bonds is 8. The molecule has 0 aliphatic heterocycles. The molecule has 2 aromatic rings. The van der Waals surface area contributed by atoms with Crippen LogP contribution in [0.2, 0.25) is 5.04 Å². The van der Waals surface area contributed by atoms with Gasteiger partial charge in [0, 0.05) is 0 Å². The van der Waals surface area contributed by atoms with Gasteiger partial charge in [0.1, 0.15) is 24.6 Å². The van der Waals surface area contributed by atoms with E-state index in [1.54, 1.807) is 0 Å². The van der Waals surface area contributed by atoms with E-state index in [-0.39, 0.29) is 17.9 Å². The van der Waals surface area contributed by atoms with Crippen LogP contribution < -0.4 is 10.4 Å². The third kappa shape index (κ3) is 4.88. The quantitative estimate of drug-likeness (QED) is 0.329. The lowest BCUT2D eigenvalue weighted by Gasteiger charge is -2.43. The summed E-state index contributed by atoms with van der Waals surface area (Å²) >= 11 is 0. The van der Waals surface area contributed by atoms with Crippen molar-refractivity contribution in [3.8, 4) is 0 Å². The molecule has 0 radical (unpaired) electrons. The highest BCUT2D eigenvalue weighted by molar-refractivity contribution is 6.99. The predicted molar refractivity (Wildman–Crippen MR) is 115 cm³/mol. The fourth-order valence-electron chi connectivity index (χ4n) is 3.53. The Labute approximate surface area is 172 Å². The van der Waals surface area contributed by atoms with Crippen LogP contribution in [0.15, 0.2) is 72.7 Å². The van der Waals surface area contributed by atoms with Crippen LogP contribution >= 0.6 is 0 Å². The molecule has 158 valence electrons. The van der Waals surface area contributed by atoms with Gasteiger partial charge in [-0.3, -0.25) is 0 Å². The number of benzene rings is 2. The Balaban J connectivity index is 2.44. The highest BCUT2D eigenvalue weighted by Gasteiger charge is 2.50. The molecule has 2 aromatic carbocycles. The molecule has 0 spiro atoms. The second-order valence-electron chi connectivity index (χ2n) is 8.03. The summed E-state index contributed by atoms with van der Waals surface area (Å²) in [4.78, 5) is 0. The minimum absolute atomic E-state index is 0.260. The zero-order valence-corrected chi connectivity index (χ0v) is 17.9. The molecule has 29 heavy (non-hydrogen) atoms. The van der Waals surface area contributed by atoms with Gasteiger partial charge in [-0.1, -0.05) is 81.4 Å². The third-order valence-electron chi connectivity index (χ3n) is 5.04. The van der Waals surface area contributed by atoms with Crippen LogP contribution in [0.5, 0.6) is 0 Å². The first-order valence-electron chi connectivity index (χ1n) is 9.47. The Hall–Kier alpha value is -2.16. The molecule has 0 fully saturated rings. The lowest BCUT2D eigenvalue weighted by atomic mass is 10.1. The number of aliphatic hydroxyl groups excluding tert-OH is 5. The topological polar surface area (TPSA) is 110 Å². The van der Waals surface area contributed by atoms with E-state index in [1.807, 2.05) is 60.7 Å². The van der Waals surface area contributed by atoms with Crippen LogP contribution in [0.3, 0.4) is 0 Å². The predicted octanol–water partition coefficient (Wildman–Crippen LogP) is 1.60. The van der Waals surface area contributed by atoms with Crippen molar-refractivity contribution >= 4 is 18.7 Å². The Bertz CT molecular complexity index is 748. The van der Waals surface area contributed by atoms with E-state index in [2.05, 4.69) is 20.8 Å². The molecule has 0 amide bonds.